The van der Waals surface area contributed by atoms with Crippen LogP contribution in [-0.4, -0.2) is 47.4 Å². The summed E-state index contributed by atoms with van der Waals surface area (Å²) < 4.78 is 5.46. The predicted octanol–water partition coefficient (Wildman–Crippen LogP) is 16.8. The number of nitrogens with one attached hydrogen (secondary N) is 1. The number of carbonyl (C=O) groups is 2. The molecule has 0 saturated carbocycles. The summed E-state index contributed by atoms with van der Waals surface area (Å²) in [6.45, 7) is 4.80. The van der Waals surface area contributed by atoms with Gasteiger partial charge in [0.25, 0.3) is 0 Å². The molecule has 2 unspecified atom stereocenters. The molecule has 0 heterocycles. The van der Waals surface area contributed by atoms with Crippen molar-refractivity contribution in [2.75, 3.05) is 13.2 Å². The first-order chi connectivity index (χ1) is 31.5. The third-order valence-corrected chi connectivity index (χ3v) is 12.3. The monoisotopic (exact) mass is 896 g/mol. The Kier molecular flexibility index (Phi) is 51.2. The number of carbonyl (C=O) groups excluding carboxylic acids is 2. The van der Waals surface area contributed by atoms with Gasteiger partial charge in [-0.2, -0.15) is 0 Å². The van der Waals surface area contributed by atoms with Crippen molar-refractivity contribution in [3.05, 3.63) is 60.8 Å². The van der Waals surface area contributed by atoms with Gasteiger partial charge >= 0.3 is 5.97 Å². The highest BCUT2D eigenvalue weighted by Crippen LogP contribution is 2.15. The van der Waals surface area contributed by atoms with Crippen molar-refractivity contribution in [2.45, 2.75) is 283 Å². The molecule has 64 heavy (non-hydrogen) atoms. The van der Waals surface area contributed by atoms with Crippen LogP contribution in [0.4, 0.5) is 0 Å². The van der Waals surface area contributed by atoms with Crippen LogP contribution in [-0.2, 0) is 14.3 Å². The SMILES string of the molecule is CCCCC/C=C\C/C=C\CCCCCCCCCCCC(=O)OCCCCC/C=C\C=C/CCCCCCCCCCCCC(=O)NC(CO)C(O)/C=C/CCCCCCCCC. The number of hydrogen-bond acceptors (Lipinski definition) is 5. The summed E-state index contributed by atoms with van der Waals surface area (Å²) in [4.78, 5) is 24.4. The van der Waals surface area contributed by atoms with Crippen molar-refractivity contribution in [1.82, 2.24) is 5.32 Å². The summed E-state index contributed by atoms with van der Waals surface area (Å²) in [6, 6.07) is -0.635. The molecule has 1 amide bonds. The highest BCUT2D eigenvalue weighted by Gasteiger charge is 2.18. The van der Waals surface area contributed by atoms with Crippen LogP contribution in [0.1, 0.15) is 271 Å². The van der Waals surface area contributed by atoms with Crippen molar-refractivity contribution in [3.63, 3.8) is 0 Å². The zero-order valence-corrected chi connectivity index (χ0v) is 42.2. The number of aliphatic hydroxyl groups is 2. The van der Waals surface area contributed by atoms with Gasteiger partial charge in [-0.05, 0) is 96.3 Å². The smallest absolute Gasteiger partial charge is 0.305 e. The summed E-state index contributed by atoms with van der Waals surface area (Å²) in [6.07, 6.45) is 68.1. The van der Waals surface area contributed by atoms with Gasteiger partial charge in [0, 0.05) is 12.8 Å². The second kappa shape index (κ2) is 53.2. The molecule has 0 rings (SSSR count). The van der Waals surface area contributed by atoms with Gasteiger partial charge in [-0.3, -0.25) is 9.59 Å². The Morgan fingerprint density at radius 3 is 1.31 bits per heavy atom. The Morgan fingerprint density at radius 1 is 0.453 bits per heavy atom. The molecule has 2 atom stereocenters. The van der Waals surface area contributed by atoms with E-state index in [-0.39, 0.29) is 18.5 Å². The van der Waals surface area contributed by atoms with E-state index in [1.807, 2.05) is 6.08 Å². The quantitative estimate of drug-likeness (QED) is 0.0245. The van der Waals surface area contributed by atoms with Crippen molar-refractivity contribution in [2.24, 2.45) is 0 Å². The molecule has 0 fully saturated rings. The van der Waals surface area contributed by atoms with E-state index >= 15 is 0 Å². The second-order valence-corrected chi connectivity index (χ2v) is 18.6. The molecule has 0 aliphatic heterocycles. The molecule has 0 bridgehead atoms. The average molecular weight is 896 g/mol. The van der Waals surface area contributed by atoms with Crippen molar-refractivity contribution >= 4 is 11.9 Å². The molecule has 0 saturated heterocycles. The summed E-state index contributed by atoms with van der Waals surface area (Å²) in [5.74, 6) is -0.101. The molecule has 0 aromatic heterocycles. The van der Waals surface area contributed by atoms with E-state index in [9.17, 15) is 19.8 Å². The van der Waals surface area contributed by atoms with E-state index in [1.54, 1.807) is 6.08 Å². The highest BCUT2D eigenvalue weighted by atomic mass is 16.5. The van der Waals surface area contributed by atoms with Gasteiger partial charge in [-0.1, -0.05) is 222 Å². The molecule has 6 nitrogen and oxygen atoms in total. The van der Waals surface area contributed by atoms with Gasteiger partial charge in [-0.15, -0.1) is 0 Å². The maximum atomic E-state index is 12.4. The summed E-state index contributed by atoms with van der Waals surface area (Å²) in [7, 11) is 0. The number of allylic oxidation sites excluding steroid dienone is 9. The molecule has 0 aromatic rings. The summed E-state index contributed by atoms with van der Waals surface area (Å²) in [5, 5.41) is 22.9. The predicted molar refractivity (Wildman–Crippen MR) is 278 cm³/mol. The van der Waals surface area contributed by atoms with Crippen molar-refractivity contribution in [1.29, 1.82) is 0 Å². The summed E-state index contributed by atoms with van der Waals surface area (Å²) >= 11 is 0. The van der Waals surface area contributed by atoms with E-state index in [4.69, 9.17) is 4.74 Å². The lowest BCUT2D eigenvalue weighted by Gasteiger charge is -2.20. The molecule has 372 valence electrons. The van der Waals surface area contributed by atoms with Crippen LogP contribution in [0.15, 0.2) is 60.8 Å². The zero-order chi connectivity index (χ0) is 46.5. The molecule has 6 heteroatoms. The molecular formula is C58H105NO5. The van der Waals surface area contributed by atoms with E-state index in [2.05, 4.69) is 67.8 Å². The third kappa shape index (κ3) is 49.0. The molecule has 0 radical (unpaired) electrons. The number of aliphatic hydroxyl groups excluding tert-OH is 2. The van der Waals surface area contributed by atoms with Gasteiger partial charge in [0.15, 0.2) is 0 Å². The normalized spacial score (nSPS) is 13.1. The van der Waals surface area contributed by atoms with E-state index in [0.717, 1.165) is 83.5 Å². The minimum Gasteiger partial charge on any atom is -0.466 e. The van der Waals surface area contributed by atoms with Crippen LogP contribution in [0.25, 0.3) is 0 Å². The Balaban J connectivity index is 3.47. The van der Waals surface area contributed by atoms with Gasteiger partial charge in [0.05, 0.1) is 25.4 Å². The molecular weight excluding hydrogens is 791 g/mol. The molecule has 3 N–H and O–H groups in total. The Bertz CT molecular complexity index is 1130. The maximum Gasteiger partial charge on any atom is 0.305 e. The van der Waals surface area contributed by atoms with Crippen molar-refractivity contribution in [3.8, 4) is 0 Å². The first-order valence-corrected chi connectivity index (χ1v) is 27.6. The minimum atomic E-state index is -0.850. The van der Waals surface area contributed by atoms with Crippen LogP contribution in [0.2, 0.25) is 0 Å². The van der Waals surface area contributed by atoms with Crippen LogP contribution in [0.5, 0.6) is 0 Å². The third-order valence-electron chi connectivity index (χ3n) is 12.3. The summed E-state index contributed by atoms with van der Waals surface area (Å²) in [5.41, 5.74) is 0. The maximum absolute atomic E-state index is 12.4. The number of hydrogen-bond donors (Lipinski definition) is 3. The number of amides is 1. The first kappa shape index (κ1) is 61.6. The standard InChI is InChI=1S/C58H105NO5/c1-3-5-7-9-11-13-14-15-16-17-19-23-26-29-32-36-40-44-48-52-58(63)64-53-49-45-41-37-33-30-27-24-21-18-20-22-25-28-31-35-39-43-47-51-57(62)59-55(54-60)56(61)50-46-42-38-34-12-10-8-6-4-2/h11,13,15-16,24,27,30,33,46,50,55-56,60-61H,3-10,12,14,17-23,25-26,28-29,31-32,34-45,47-49,51-54H2,1-2H3,(H,59,62)/b13-11-,16-15-,27-24-,33-30-,50-46+. The van der Waals surface area contributed by atoms with E-state index < -0.39 is 12.1 Å². The average Bonchev–Trinajstić information content (AvgIpc) is 3.29. The molecule has 0 spiro atoms. The molecule has 0 aliphatic rings. The number of rotatable bonds is 50. The van der Waals surface area contributed by atoms with E-state index in [1.165, 1.54) is 161 Å². The lowest BCUT2D eigenvalue weighted by molar-refractivity contribution is -0.143. The second-order valence-electron chi connectivity index (χ2n) is 18.6. The number of esters is 1. The number of ether oxygens (including phenoxy) is 1. The molecule has 0 aliphatic carbocycles. The fraction of sp³-hybridized carbons (Fsp3) is 0.793. The fourth-order valence-electron chi connectivity index (χ4n) is 8.01. The lowest BCUT2D eigenvalue weighted by Crippen LogP contribution is -2.45. The van der Waals surface area contributed by atoms with Crippen LogP contribution in [0, 0.1) is 0 Å². The van der Waals surface area contributed by atoms with Crippen molar-refractivity contribution < 1.29 is 24.5 Å². The highest BCUT2D eigenvalue weighted by molar-refractivity contribution is 5.76. The topological polar surface area (TPSA) is 95.9 Å². The van der Waals surface area contributed by atoms with Gasteiger partial charge in [0.1, 0.15) is 0 Å². The van der Waals surface area contributed by atoms with Gasteiger partial charge in [0.2, 0.25) is 5.91 Å². The fourth-order valence-corrected chi connectivity index (χ4v) is 8.01. The Labute approximate surface area is 397 Å². The van der Waals surface area contributed by atoms with Crippen LogP contribution >= 0.6 is 0 Å². The molecule has 0 aromatic carbocycles. The zero-order valence-electron chi connectivity index (χ0n) is 42.2. The number of unbranched alkanes of at least 4 members (excludes halogenated alkanes) is 32. The van der Waals surface area contributed by atoms with E-state index in [0.29, 0.717) is 19.4 Å². The largest absolute Gasteiger partial charge is 0.466 e. The van der Waals surface area contributed by atoms with Gasteiger partial charge < -0.3 is 20.3 Å². The van der Waals surface area contributed by atoms with Gasteiger partial charge in [-0.25, -0.2) is 0 Å². The minimum absolute atomic E-state index is 0.0191. The Hall–Kier alpha value is -2.44. The van der Waals surface area contributed by atoms with Crippen LogP contribution in [0.3, 0.4) is 0 Å². The lowest BCUT2D eigenvalue weighted by atomic mass is 10.0. The Morgan fingerprint density at radius 2 is 0.828 bits per heavy atom. The first-order valence-electron chi connectivity index (χ1n) is 27.6. The van der Waals surface area contributed by atoms with Crippen LogP contribution < -0.4 is 5.32 Å².